The quantitative estimate of drug-likeness (QED) is 0.174. The molecule has 1 N–H and O–H groups in total. The molecule has 0 amide bonds. The molecule has 5 rings (SSSR count). The lowest BCUT2D eigenvalue weighted by molar-refractivity contribution is 0.254. The van der Waals surface area contributed by atoms with Crippen LogP contribution in [0.2, 0.25) is 0 Å². The summed E-state index contributed by atoms with van der Waals surface area (Å²) in [4.78, 5) is 3.54. The number of nitrogens with one attached hydrogen (secondary N) is 1. The standard InChI is InChI=1S/C28H30ClN3OS/c1-4-33-28(25-21-8-6-5-7-18(21)10-12-24(25)34-3)26(29)20-9-11-23-22(17-20)27(31-30-23)19-13-15-32(2)16-14-19/h5-12,17,19H,4,13-16H2,1-3H3,(H,30,31). The minimum atomic E-state index is 0.492. The summed E-state index contributed by atoms with van der Waals surface area (Å²) >= 11 is 8.86. The number of ether oxygens (including phenoxy) is 1. The fourth-order valence-corrected chi connectivity index (χ4v) is 5.83. The average molecular weight is 492 g/mol. The molecule has 6 heteroatoms. The number of aromatic nitrogens is 2. The van der Waals surface area contributed by atoms with E-state index in [2.05, 4.69) is 76.9 Å². The lowest BCUT2D eigenvalue weighted by Gasteiger charge is -2.28. The smallest absolute Gasteiger partial charge is 0.147 e. The van der Waals surface area contributed by atoms with Crippen LogP contribution >= 0.6 is 23.4 Å². The number of hydrogen-bond donors (Lipinski definition) is 1. The van der Waals surface area contributed by atoms with E-state index in [-0.39, 0.29) is 0 Å². The van der Waals surface area contributed by atoms with Crippen LogP contribution in [0.5, 0.6) is 0 Å². The summed E-state index contributed by atoms with van der Waals surface area (Å²) in [6.45, 7) is 4.76. The average Bonchev–Trinajstić information content (AvgIpc) is 3.30. The molecule has 0 radical (unpaired) electrons. The molecule has 0 atom stereocenters. The van der Waals surface area contributed by atoms with Crippen molar-refractivity contribution >= 4 is 55.8 Å². The fraction of sp³-hybridized carbons (Fsp3) is 0.321. The van der Waals surface area contributed by atoms with E-state index in [0.717, 1.165) is 64.0 Å². The second kappa shape index (κ2) is 10.0. The van der Waals surface area contributed by atoms with Crippen molar-refractivity contribution in [2.24, 2.45) is 0 Å². The highest BCUT2D eigenvalue weighted by molar-refractivity contribution is 7.98. The second-order valence-corrected chi connectivity index (χ2v) is 10.1. The normalized spacial score (nSPS) is 16.2. The third kappa shape index (κ3) is 4.33. The van der Waals surface area contributed by atoms with Crippen LogP contribution < -0.4 is 0 Å². The van der Waals surface area contributed by atoms with E-state index in [0.29, 0.717) is 17.6 Å². The number of nitrogens with zero attached hydrogens (tertiary/aromatic N) is 2. The van der Waals surface area contributed by atoms with Gasteiger partial charge in [0.1, 0.15) is 5.76 Å². The number of halogens is 1. The first-order chi connectivity index (χ1) is 16.6. The number of fused-ring (bicyclic) bond motifs is 2. The predicted octanol–water partition coefficient (Wildman–Crippen LogP) is 7.35. The van der Waals surface area contributed by atoms with E-state index in [1.807, 2.05) is 13.0 Å². The molecule has 0 aliphatic carbocycles. The Hall–Kier alpha value is -2.47. The van der Waals surface area contributed by atoms with Gasteiger partial charge in [0.05, 0.1) is 17.2 Å². The van der Waals surface area contributed by atoms with E-state index in [1.54, 1.807) is 11.8 Å². The summed E-state index contributed by atoms with van der Waals surface area (Å²) in [5.74, 6) is 1.22. The van der Waals surface area contributed by atoms with E-state index in [9.17, 15) is 0 Å². The van der Waals surface area contributed by atoms with Gasteiger partial charge in [-0.25, -0.2) is 0 Å². The fourth-order valence-electron chi connectivity index (χ4n) is 4.95. The summed E-state index contributed by atoms with van der Waals surface area (Å²) in [5.41, 5.74) is 4.21. The Morgan fingerprint density at radius 1 is 1.12 bits per heavy atom. The van der Waals surface area contributed by atoms with Gasteiger partial charge < -0.3 is 9.64 Å². The van der Waals surface area contributed by atoms with Gasteiger partial charge in [0.2, 0.25) is 0 Å². The Balaban J connectivity index is 1.65. The van der Waals surface area contributed by atoms with E-state index in [1.165, 1.54) is 11.1 Å². The van der Waals surface area contributed by atoms with Crippen LogP contribution in [-0.2, 0) is 4.74 Å². The molecular formula is C28H30ClN3OS. The van der Waals surface area contributed by atoms with Crippen LogP contribution in [0.4, 0.5) is 0 Å². The van der Waals surface area contributed by atoms with Gasteiger partial charge in [-0.15, -0.1) is 11.8 Å². The molecule has 34 heavy (non-hydrogen) atoms. The summed E-state index contributed by atoms with van der Waals surface area (Å²) in [5, 5.41) is 12.0. The van der Waals surface area contributed by atoms with Gasteiger partial charge in [-0.1, -0.05) is 48.0 Å². The van der Waals surface area contributed by atoms with E-state index in [4.69, 9.17) is 16.3 Å². The number of likely N-dealkylation sites (tertiary alicyclic amines) is 1. The van der Waals surface area contributed by atoms with Crippen LogP contribution in [0.3, 0.4) is 0 Å². The van der Waals surface area contributed by atoms with Gasteiger partial charge in [0, 0.05) is 27.5 Å². The molecule has 1 fully saturated rings. The van der Waals surface area contributed by atoms with Gasteiger partial charge in [0.15, 0.2) is 0 Å². The molecule has 4 aromatic rings. The first-order valence-electron chi connectivity index (χ1n) is 11.9. The molecule has 0 bridgehead atoms. The molecule has 1 aromatic heterocycles. The van der Waals surface area contributed by atoms with Crippen molar-refractivity contribution in [3.8, 4) is 0 Å². The Morgan fingerprint density at radius 3 is 2.68 bits per heavy atom. The van der Waals surface area contributed by atoms with Gasteiger partial charge in [0.25, 0.3) is 0 Å². The maximum absolute atomic E-state index is 7.15. The maximum atomic E-state index is 7.15. The third-order valence-electron chi connectivity index (χ3n) is 6.79. The van der Waals surface area contributed by atoms with Crippen LogP contribution in [0.15, 0.2) is 59.5 Å². The molecule has 2 heterocycles. The zero-order valence-electron chi connectivity index (χ0n) is 19.9. The number of aromatic amines is 1. The molecule has 0 spiro atoms. The van der Waals surface area contributed by atoms with Crippen molar-refractivity contribution in [3.05, 3.63) is 71.4 Å². The van der Waals surface area contributed by atoms with E-state index >= 15 is 0 Å². The number of benzene rings is 3. The SMILES string of the molecule is CCOC(=C(Cl)c1ccc2n[nH]c(C3CCN(C)CC3)c2c1)c1c(SC)ccc2ccccc12. The molecular weight excluding hydrogens is 462 g/mol. The number of rotatable bonds is 6. The van der Waals surface area contributed by atoms with Gasteiger partial charge in [-0.3, -0.25) is 5.10 Å². The van der Waals surface area contributed by atoms with Crippen molar-refractivity contribution in [1.29, 1.82) is 0 Å². The highest BCUT2D eigenvalue weighted by atomic mass is 35.5. The largest absolute Gasteiger partial charge is 0.492 e. The van der Waals surface area contributed by atoms with Crippen molar-refractivity contribution in [3.63, 3.8) is 0 Å². The van der Waals surface area contributed by atoms with E-state index < -0.39 is 0 Å². The summed E-state index contributed by atoms with van der Waals surface area (Å²) in [6, 6.07) is 19.0. The van der Waals surface area contributed by atoms with Crippen LogP contribution in [0.1, 0.15) is 42.5 Å². The zero-order chi connectivity index (χ0) is 23.7. The van der Waals surface area contributed by atoms with Crippen LogP contribution in [0.25, 0.3) is 32.5 Å². The Kier molecular flexibility index (Phi) is 6.87. The first kappa shape index (κ1) is 23.3. The Morgan fingerprint density at radius 2 is 1.91 bits per heavy atom. The number of piperidine rings is 1. The minimum absolute atomic E-state index is 0.492. The first-order valence-corrected chi connectivity index (χ1v) is 13.5. The molecule has 1 saturated heterocycles. The number of hydrogen-bond acceptors (Lipinski definition) is 4. The van der Waals surface area contributed by atoms with Crippen molar-refractivity contribution < 1.29 is 4.74 Å². The van der Waals surface area contributed by atoms with Gasteiger partial charge in [-0.2, -0.15) is 5.10 Å². The van der Waals surface area contributed by atoms with Crippen molar-refractivity contribution in [2.75, 3.05) is 33.0 Å². The molecule has 176 valence electrons. The summed E-state index contributed by atoms with van der Waals surface area (Å²) < 4.78 is 6.25. The molecule has 3 aromatic carbocycles. The highest BCUT2D eigenvalue weighted by Crippen LogP contribution is 2.40. The summed E-state index contributed by atoms with van der Waals surface area (Å²) in [6.07, 6.45) is 4.37. The van der Waals surface area contributed by atoms with Gasteiger partial charge in [-0.05, 0) is 80.7 Å². The van der Waals surface area contributed by atoms with Crippen LogP contribution in [0, 0.1) is 0 Å². The summed E-state index contributed by atoms with van der Waals surface area (Å²) in [7, 11) is 2.19. The molecule has 0 unspecified atom stereocenters. The minimum Gasteiger partial charge on any atom is -0.492 e. The second-order valence-electron chi connectivity index (χ2n) is 8.89. The lowest BCUT2D eigenvalue weighted by atomic mass is 9.91. The van der Waals surface area contributed by atoms with Crippen LogP contribution in [-0.4, -0.2) is 48.1 Å². The molecule has 0 saturated carbocycles. The topological polar surface area (TPSA) is 41.1 Å². The van der Waals surface area contributed by atoms with Crippen molar-refractivity contribution in [1.82, 2.24) is 15.1 Å². The monoisotopic (exact) mass is 491 g/mol. The maximum Gasteiger partial charge on any atom is 0.147 e. The van der Waals surface area contributed by atoms with Gasteiger partial charge >= 0.3 is 0 Å². The molecule has 4 nitrogen and oxygen atoms in total. The van der Waals surface area contributed by atoms with Crippen molar-refractivity contribution in [2.45, 2.75) is 30.6 Å². The molecule has 1 aliphatic rings. The Labute approximate surface area is 210 Å². The zero-order valence-corrected chi connectivity index (χ0v) is 21.5. The predicted molar refractivity (Wildman–Crippen MR) is 146 cm³/mol. The lowest BCUT2D eigenvalue weighted by Crippen LogP contribution is -2.29. The third-order valence-corrected chi connectivity index (χ3v) is 7.96. The highest BCUT2D eigenvalue weighted by Gasteiger charge is 2.23. The molecule has 1 aliphatic heterocycles. The number of H-pyrrole nitrogens is 1. The number of thioether (sulfide) groups is 1. The Bertz CT molecular complexity index is 1350.